The molecule has 30 heavy (non-hydrogen) atoms. The number of halogens is 3. The molecular formula is C20H18F3N3O4. The van der Waals surface area contributed by atoms with Gasteiger partial charge >= 0.3 is 6.18 Å². The number of alkyl halides is 3. The largest absolute Gasteiger partial charge is 0.492 e. The number of nitrogens with one attached hydrogen (secondary N) is 1. The minimum atomic E-state index is -4.45. The van der Waals surface area contributed by atoms with Gasteiger partial charge in [-0.15, -0.1) is 0 Å². The summed E-state index contributed by atoms with van der Waals surface area (Å²) in [6.45, 7) is 1.77. The average molecular weight is 421 g/mol. The molecule has 0 fully saturated rings. The van der Waals surface area contributed by atoms with Gasteiger partial charge in [-0.2, -0.15) is 18.2 Å². The van der Waals surface area contributed by atoms with Crippen molar-refractivity contribution >= 4 is 5.91 Å². The Bertz CT molecular complexity index is 1000. The standard InChI is InChI=1S/C20H18F3N3O4/c1-13-25-18(26-30-13)12-29-17-8-3-2-7-16(17)19(27)24-9-10-28-15-6-4-5-14(11-15)20(21,22)23/h2-8,11H,9-10,12H2,1H3,(H,24,27). The highest BCUT2D eigenvalue weighted by Gasteiger charge is 2.30. The third-order valence-corrected chi connectivity index (χ3v) is 3.88. The molecule has 1 aromatic heterocycles. The first-order valence-electron chi connectivity index (χ1n) is 8.92. The minimum Gasteiger partial charge on any atom is -0.492 e. The van der Waals surface area contributed by atoms with Crippen LogP contribution in [0.3, 0.4) is 0 Å². The van der Waals surface area contributed by atoms with Crippen LogP contribution in [0.5, 0.6) is 11.5 Å². The summed E-state index contributed by atoms with van der Waals surface area (Å²) in [5.41, 5.74) is -0.510. The minimum absolute atomic E-state index is 0.00177. The number of hydrogen-bond acceptors (Lipinski definition) is 6. The Kier molecular flexibility index (Phi) is 6.55. The number of ether oxygens (including phenoxy) is 2. The summed E-state index contributed by atoms with van der Waals surface area (Å²) >= 11 is 0. The molecule has 0 spiro atoms. The number of amides is 1. The van der Waals surface area contributed by atoms with Crippen LogP contribution in [0.25, 0.3) is 0 Å². The lowest BCUT2D eigenvalue weighted by Crippen LogP contribution is -2.28. The van der Waals surface area contributed by atoms with Crippen LogP contribution in [0.15, 0.2) is 53.1 Å². The molecule has 2 aromatic carbocycles. The predicted octanol–water partition coefficient (Wildman–Crippen LogP) is 3.78. The van der Waals surface area contributed by atoms with Gasteiger partial charge in [0, 0.05) is 6.92 Å². The van der Waals surface area contributed by atoms with Crippen molar-refractivity contribution in [1.29, 1.82) is 0 Å². The fourth-order valence-electron chi connectivity index (χ4n) is 2.51. The lowest BCUT2D eigenvalue weighted by atomic mass is 10.2. The van der Waals surface area contributed by atoms with E-state index in [4.69, 9.17) is 14.0 Å². The Labute approximate surface area is 169 Å². The molecule has 0 saturated carbocycles. The number of para-hydroxylation sites is 1. The fourth-order valence-corrected chi connectivity index (χ4v) is 2.51. The van der Waals surface area contributed by atoms with E-state index >= 15 is 0 Å². The lowest BCUT2D eigenvalue weighted by Gasteiger charge is -2.12. The summed E-state index contributed by atoms with van der Waals surface area (Å²) in [6.07, 6.45) is -4.45. The molecule has 0 aliphatic rings. The lowest BCUT2D eigenvalue weighted by molar-refractivity contribution is -0.137. The molecule has 7 nitrogen and oxygen atoms in total. The van der Waals surface area contributed by atoms with E-state index in [1.165, 1.54) is 12.1 Å². The first-order chi connectivity index (χ1) is 14.3. The zero-order valence-corrected chi connectivity index (χ0v) is 15.9. The van der Waals surface area contributed by atoms with E-state index in [1.54, 1.807) is 31.2 Å². The average Bonchev–Trinajstić information content (AvgIpc) is 3.14. The van der Waals surface area contributed by atoms with Gasteiger partial charge < -0.3 is 19.3 Å². The fraction of sp³-hybridized carbons (Fsp3) is 0.250. The van der Waals surface area contributed by atoms with Gasteiger partial charge in [0.05, 0.1) is 17.7 Å². The number of carbonyl (C=O) groups is 1. The Morgan fingerprint density at radius 3 is 2.67 bits per heavy atom. The third-order valence-electron chi connectivity index (χ3n) is 3.88. The topological polar surface area (TPSA) is 86.5 Å². The van der Waals surface area contributed by atoms with Gasteiger partial charge in [-0.25, -0.2) is 0 Å². The maximum Gasteiger partial charge on any atom is 0.416 e. The molecule has 0 saturated heterocycles. The molecule has 1 heterocycles. The molecule has 10 heteroatoms. The van der Waals surface area contributed by atoms with E-state index in [-0.39, 0.29) is 31.1 Å². The normalized spacial score (nSPS) is 11.2. The second kappa shape index (κ2) is 9.29. The van der Waals surface area contributed by atoms with E-state index in [0.29, 0.717) is 17.5 Å². The predicted molar refractivity (Wildman–Crippen MR) is 99.1 cm³/mol. The van der Waals surface area contributed by atoms with Gasteiger partial charge in [0.2, 0.25) is 11.7 Å². The quantitative estimate of drug-likeness (QED) is 0.557. The summed E-state index contributed by atoms with van der Waals surface area (Å²) in [5.74, 6) is 0.731. The Morgan fingerprint density at radius 1 is 1.13 bits per heavy atom. The molecule has 0 aliphatic carbocycles. The number of aryl methyl sites for hydroxylation is 1. The summed E-state index contributed by atoms with van der Waals surface area (Å²) in [5, 5.41) is 6.36. The highest BCUT2D eigenvalue weighted by molar-refractivity contribution is 5.96. The molecular weight excluding hydrogens is 403 g/mol. The number of carbonyl (C=O) groups excluding carboxylic acids is 1. The van der Waals surface area contributed by atoms with E-state index < -0.39 is 17.6 Å². The Morgan fingerprint density at radius 2 is 1.93 bits per heavy atom. The van der Waals surface area contributed by atoms with E-state index in [1.807, 2.05) is 0 Å². The van der Waals surface area contributed by atoms with Crippen LogP contribution in [-0.4, -0.2) is 29.2 Å². The third kappa shape index (κ3) is 5.72. The zero-order valence-electron chi connectivity index (χ0n) is 15.9. The van der Waals surface area contributed by atoms with Crippen LogP contribution in [-0.2, 0) is 12.8 Å². The first kappa shape index (κ1) is 21.2. The highest BCUT2D eigenvalue weighted by atomic mass is 19.4. The van der Waals surface area contributed by atoms with Crippen molar-refractivity contribution in [2.45, 2.75) is 19.7 Å². The molecule has 1 N–H and O–H groups in total. The van der Waals surface area contributed by atoms with Gasteiger partial charge in [0.15, 0.2) is 6.61 Å². The maximum absolute atomic E-state index is 12.7. The molecule has 0 radical (unpaired) electrons. The highest BCUT2D eigenvalue weighted by Crippen LogP contribution is 2.31. The number of nitrogens with zero attached hydrogens (tertiary/aromatic N) is 2. The first-order valence-corrected chi connectivity index (χ1v) is 8.92. The smallest absolute Gasteiger partial charge is 0.416 e. The van der Waals surface area contributed by atoms with Crippen LogP contribution < -0.4 is 14.8 Å². The maximum atomic E-state index is 12.7. The molecule has 0 aliphatic heterocycles. The van der Waals surface area contributed by atoms with Crippen LogP contribution >= 0.6 is 0 Å². The van der Waals surface area contributed by atoms with Gasteiger partial charge in [-0.1, -0.05) is 23.4 Å². The van der Waals surface area contributed by atoms with Crippen LogP contribution in [0.2, 0.25) is 0 Å². The van der Waals surface area contributed by atoms with Gasteiger partial charge in [0.25, 0.3) is 5.91 Å². The molecule has 0 unspecified atom stereocenters. The zero-order chi connectivity index (χ0) is 21.6. The number of benzene rings is 2. The molecule has 1 amide bonds. The van der Waals surface area contributed by atoms with Gasteiger partial charge in [0.1, 0.15) is 18.1 Å². The summed E-state index contributed by atoms with van der Waals surface area (Å²) < 4.78 is 53.9. The number of rotatable bonds is 8. The van der Waals surface area contributed by atoms with Crippen molar-refractivity contribution < 1.29 is 32.0 Å². The number of aromatic nitrogens is 2. The summed E-state index contributed by atoms with van der Waals surface area (Å²) in [7, 11) is 0. The Hall–Kier alpha value is -3.56. The van der Waals surface area contributed by atoms with Gasteiger partial charge in [-0.3, -0.25) is 4.79 Å². The van der Waals surface area contributed by atoms with Crippen molar-refractivity contribution in [2.75, 3.05) is 13.2 Å². The Balaban J connectivity index is 1.52. The molecule has 3 aromatic rings. The number of hydrogen-bond donors (Lipinski definition) is 1. The van der Waals surface area contributed by atoms with Crippen molar-refractivity contribution in [2.24, 2.45) is 0 Å². The van der Waals surface area contributed by atoms with Crippen LogP contribution in [0.4, 0.5) is 13.2 Å². The summed E-state index contributed by atoms with van der Waals surface area (Å²) in [6, 6.07) is 11.1. The van der Waals surface area contributed by atoms with Gasteiger partial charge in [-0.05, 0) is 30.3 Å². The second-order valence-corrected chi connectivity index (χ2v) is 6.14. The molecule has 3 rings (SSSR count). The van der Waals surface area contributed by atoms with E-state index in [2.05, 4.69) is 15.5 Å². The molecule has 0 bridgehead atoms. The SMILES string of the molecule is Cc1nc(COc2ccccc2C(=O)NCCOc2cccc(C(F)(F)F)c2)no1. The van der Waals surface area contributed by atoms with Crippen LogP contribution in [0.1, 0.15) is 27.6 Å². The van der Waals surface area contributed by atoms with Crippen LogP contribution in [0, 0.1) is 6.92 Å². The molecule has 158 valence electrons. The second-order valence-electron chi connectivity index (χ2n) is 6.14. The van der Waals surface area contributed by atoms with Crippen molar-refractivity contribution in [3.63, 3.8) is 0 Å². The molecule has 0 atom stereocenters. The summed E-state index contributed by atoms with van der Waals surface area (Å²) in [4.78, 5) is 16.5. The monoisotopic (exact) mass is 421 g/mol. The van der Waals surface area contributed by atoms with Crippen molar-refractivity contribution in [3.05, 3.63) is 71.4 Å². The van der Waals surface area contributed by atoms with E-state index in [0.717, 1.165) is 12.1 Å². The van der Waals surface area contributed by atoms with E-state index in [9.17, 15) is 18.0 Å². The van der Waals surface area contributed by atoms with Crippen molar-refractivity contribution in [3.8, 4) is 11.5 Å². The van der Waals surface area contributed by atoms with Crippen molar-refractivity contribution in [1.82, 2.24) is 15.5 Å².